The fraction of sp³-hybridized carbons (Fsp3) is 0.278. The van der Waals surface area contributed by atoms with Gasteiger partial charge in [0.1, 0.15) is 5.69 Å². The highest BCUT2D eigenvalue weighted by atomic mass is 16.5. The van der Waals surface area contributed by atoms with E-state index in [0.717, 1.165) is 24.1 Å². The van der Waals surface area contributed by atoms with Crippen LogP contribution in [0, 0.1) is 0 Å². The minimum absolute atomic E-state index is 0.439. The number of aromatic nitrogens is 7. The molecule has 4 aromatic rings. The molecule has 0 aliphatic carbocycles. The lowest BCUT2D eigenvalue weighted by Gasteiger charge is -2.14. The van der Waals surface area contributed by atoms with E-state index in [0.29, 0.717) is 29.5 Å². The van der Waals surface area contributed by atoms with Gasteiger partial charge in [0.05, 0.1) is 12.6 Å². The summed E-state index contributed by atoms with van der Waals surface area (Å²) in [6.07, 6.45) is 5.94. The number of nitrogens with zero attached hydrogens (tertiary/aromatic N) is 6. The highest BCUT2D eigenvalue weighted by Crippen LogP contribution is 2.27. The zero-order valence-corrected chi connectivity index (χ0v) is 14.1. The monoisotopic (exact) mass is 347 g/mol. The summed E-state index contributed by atoms with van der Waals surface area (Å²) in [5.41, 5.74) is 4.68. The van der Waals surface area contributed by atoms with Crippen LogP contribution in [0.15, 0.2) is 41.1 Å². The second kappa shape index (κ2) is 6.21. The topological polar surface area (TPSA) is 98.3 Å². The van der Waals surface area contributed by atoms with Crippen molar-refractivity contribution in [1.29, 1.82) is 0 Å². The average Bonchev–Trinajstić information content (AvgIpc) is 3.42. The number of fused-ring (bicyclic) bond motifs is 1. The fourth-order valence-corrected chi connectivity index (χ4v) is 3.40. The predicted molar refractivity (Wildman–Crippen MR) is 93.1 cm³/mol. The largest absolute Gasteiger partial charge is 0.339 e. The lowest BCUT2D eigenvalue weighted by Crippen LogP contribution is -2.12. The Balaban J connectivity index is 1.43. The number of nitrogens with one attached hydrogen (secondary N) is 1. The minimum atomic E-state index is 0.439. The molecule has 0 saturated heterocycles. The predicted octanol–water partition coefficient (Wildman–Crippen LogP) is 2.65. The minimum Gasteiger partial charge on any atom is -0.339 e. The number of H-pyrrole nitrogens is 1. The van der Waals surface area contributed by atoms with E-state index in [1.54, 1.807) is 0 Å². The maximum absolute atomic E-state index is 5.46. The summed E-state index contributed by atoms with van der Waals surface area (Å²) in [5, 5.41) is 19.7. The summed E-state index contributed by atoms with van der Waals surface area (Å²) >= 11 is 0. The van der Waals surface area contributed by atoms with Gasteiger partial charge in [-0.25, -0.2) is 0 Å². The maximum Gasteiger partial charge on any atom is 0.231 e. The Morgan fingerprint density at radius 3 is 2.88 bits per heavy atom. The molecule has 26 heavy (non-hydrogen) atoms. The first kappa shape index (κ1) is 15.0. The summed E-state index contributed by atoms with van der Waals surface area (Å²) in [6, 6.07) is 9.82. The molecule has 4 heterocycles. The van der Waals surface area contributed by atoms with E-state index >= 15 is 0 Å². The van der Waals surface area contributed by atoms with Gasteiger partial charge in [0, 0.05) is 23.4 Å². The molecule has 1 aliphatic rings. The lowest BCUT2D eigenvalue weighted by molar-refractivity contribution is 0.385. The Hall–Kier alpha value is -3.29. The number of aromatic amines is 1. The van der Waals surface area contributed by atoms with Crippen LogP contribution in [0.2, 0.25) is 0 Å². The quantitative estimate of drug-likeness (QED) is 0.609. The van der Waals surface area contributed by atoms with Gasteiger partial charge in [-0.1, -0.05) is 35.5 Å². The van der Waals surface area contributed by atoms with E-state index in [2.05, 4.69) is 35.3 Å². The second-order valence-corrected chi connectivity index (χ2v) is 6.37. The Labute approximate surface area is 149 Å². The number of rotatable bonds is 4. The van der Waals surface area contributed by atoms with Gasteiger partial charge >= 0.3 is 0 Å². The van der Waals surface area contributed by atoms with Gasteiger partial charge in [-0.05, 0) is 19.3 Å². The summed E-state index contributed by atoms with van der Waals surface area (Å²) in [5.74, 6) is 0.997. The molecule has 0 bridgehead atoms. The number of hydrogen-bond donors (Lipinski definition) is 1. The molecule has 130 valence electrons. The van der Waals surface area contributed by atoms with Gasteiger partial charge in [-0.2, -0.15) is 25.5 Å². The molecule has 5 rings (SSSR count). The van der Waals surface area contributed by atoms with Gasteiger partial charge in [0.25, 0.3) is 0 Å². The highest BCUT2D eigenvalue weighted by Gasteiger charge is 2.20. The average molecular weight is 347 g/mol. The van der Waals surface area contributed by atoms with Crippen LogP contribution in [0.1, 0.15) is 30.0 Å². The van der Waals surface area contributed by atoms with Crippen LogP contribution in [-0.2, 0) is 19.4 Å². The first-order valence-corrected chi connectivity index (χ1v) is 8.71. The molecule has 1 aliphatic heterocycles. The summed E-state index contributed by atoms with van der Waals surface area (Å²) < 4.78 is 7.55. The van der Waals surface area contributed by atoms with Crippen molar-refractivity contribution in [2.45, 2.75) is 32.2 Å². The van der Waals surface area contributed by atoms with Gasteiger partial charge in [-0.3, -0.25) is 4.68 Å². The number of hydrogen-bond acceptors (Lipinski definition) is 6. The molecule has 1 aromatic carbocycles. The van der Waals surface area contributed by atoms with E-state index in [1.807, 2.05) is 36.5 Å². The zero-order valence-electron chi connectivity index (χ0n) is 14.1. The van der Waals surface area contributed by atoms with Crippen LogP contribution in [0.4, 0.5) is 0 Å². The van der Waals surface area contributed by atoms with Crippen molar-refractivity contribution >= 4 is 0 Å². The lowest BCUT2D eigenvalue weighted by atomic mass is 10.1. The SMILES string of the molecule is c1ccc(-c2n[nH]nc2-c2noc(Cc3cnn4c3CCCC4)n2)cc1. The van der Waals surface area contributed by atoms with Crippen molar-refractivity contribution < 1.29 is 4.52 Å². The van der Waals surface area contributed by atoms with Crippen molar-refractivity contribution in [3.8, 4) is 22.8 Å². The number of aryl methyl sites for hydroxylation is 1. The molecule has 0 fully saturated rings. The smallest absolute Gasteiger partial charge is 0.231 e. The molecule has 0 radical (unpaired) electrons. The van der Waals surface area contributed by atoms with Crippen molar-refractivity contribution in [3.63, 3.8) is 0 Å². The third kappa shape index (κ3) is 2.59. The molecule has 1 N–H and O–H groups in total. The molecule has 8 nitrogen and oxygen atoms in total. The van der Waals surface area contributed by atoms with Gasteiger partial charge < -0.3 is 4.52 Å². The molecular formula is C18H17N7O. The molecule has 0 amide bonds. The van der Waals surface area contributed by atoms with Crippen molar-refractivity contribution in [2.24, 2.45) is 0 Å². The normalized spacial score (nSPS) is 13.7. The van der Waals surface area contributed by atoms with Crippen LogP contribution >= 0.6 is 0 Å². The fourth-order valence-electron chi connectivity index (χ4n) is 3.40. The van der Waals surface area contributed by atoms with Crippen LogP contribution in [0.3, 0.4) is 0 Å². The summed E-state index contributed by atoms with van der Waals surface area (Å²) in [6.45, 7) is 0.990. The zero-order chi connectivity index (χ0) is 17.3. The third-order valence-corrected chi connectivity index (χ3v) is 4.69. The van der Waals surface area contributed by atoms with E-state index in [1.165, 1.54) is 18.5 Å². The molecule has 8 heteroatoms. The van der Waals surface area contributed by atoms with E-state index in [9.17, 15) is 0 Å². The van der Waals surface area contributed by atoms with Crippen molar-refractivity contribution in [3.05, 3.63) is 53.7 Å². The van der Waals surface area contributed by atoms with Crippen LogP contribution in [0.25, 0.3) is 22.8 Å². The van der Waals surface area contributed by atoms with Crippen molar-refractivity contribution in [2.75, 3.05) is 0 Å². The molecule has 0 unspecified atom stereocenters. The molecule has 0 spiro atoms. The molecule has 0 atom stereocenters. The Kier molecular flexibility index (Phi) is 3.59. The Morgan fingerprint density at radius 1 is 1.08 bits per heavy atom. The third-order valence-electron chi connectivity index (χ3n) is 4.69. The maximum atomic E-state index is 5.46. The van der Waals surface area contributed by atoms with Gasteiger partial charge in [0.15, 0.2) is 5.69 Å². The highest BCUT2D eigenvalue weighted by molar-refractivity contribution is 5.73. The Bertz CT molecular complexity index is 1030. The molecular weight excluding hydrogens is 330 g/mol. The summed E-state index contributed by atoms with van der Waals surface area (Å²) in [7, 11) is 0. The van der Waals surface area contributed by atoms with Crippen LogP contribution in [0.5, 0.6) is 0 Å². The Morgan fingerprint density at radius 2 is 1.96 bits per heavy atom. The van der Waals surface area contributed by atoms with E-state index in [4.69, 9.17) is 4.52 Å². The van der Waals surface area contributed by atoms with Gasteiger partial charge in [0.2, 0.25) is 11.7 Å². The van der Waals surface area contributed by atoms with E-state index in [-0.39, 0.29) is 0 Å². The number of benzene rings is 1. The van der Waals surface area contributed by atoms with Gasteiger partial charge in [-0.15, -0.1) is 0 Å². The van der Waals surface area contributed by atoms with Crippen molar-refractivity contribution in [1.82, 2.24) is 35.3 Å². The molecule has 0 saturated carbocycles. The second-order valence-electron chi connectivity index (χ2n) is 6.37. The van der Waals surface area contributed by atoms with E-state index < -0.39 is 0 Å². The first-order chi connectivity index (χ1) is 12.9. The van der Waals surface area contributed by atoms with Crippen LogP contribution in [-0.4, -0.2) is 35.3 Å². The molecule has 3 aromatic heterocycles. The first-order valence-electron chi connectivity index (χ1n) is 8.71. The summed E-state index contributed by atoms with van der Waals surface area (Å²) in [4.78, 5) is 4.53. The van der Waals surface area contributed by atoms with Crippen LogP contribution < -0.4 is 0 Å². The standard InChI is InChI=1S/C18H17N7O/c1-2-6-12(7-3-1)16-17(22-24-21-16)18-20-15(26-23-18)10-13-11-19-25-9-5-4-8-14(13)25/h1-3,6-7,11H,4-5,8-10H2,(H,21,22,24).